The van der Waals surface area contributed by atoms with Gasteiger partial charge in [-0.1, -0.05) is 6.42 Å². The smallest absolute Gasteiger partial charge is 0.210 e. The highest BCUT2D eigenvalue weighted by Crippen LogP contribution is 1.93. The molecule has 0 fully saturated rings. The molecule has 0 unspecified atom stereocenters. The van der Waals surface area contributed by atoms with Crippen molar-refractivity contribution in [2.24, 2.45) is 0 Å². The lowest BCUT2D eigenvalue weighted by atomic mass is 11.1. The molecule has 0 amide bonds. The highest BCUT2D eigenvalue weighted by atomic mass is 19.3. The lowest BCUT2D eigenvalue weighted by Crippen LogP contribution is -1.42. The average molecular weight is 190 g/mol. The van der Waals surface area contributed by atoms with E-state index in [4.69, 9.17) is 0 Å². The van der Waals surface area contributed by atoms with Crippen LogP contribution in [0.4, 0.5) is 26.3 Å². The summed E-state index contributed by atoms with van der Waals surface area (Å²) in [5.41, 5.74) is 0. The van der Waals surface area contributed by atoms with Crippen LogP contribution in [0.3, 0.4) is 0 Å². The zero-order valence-corrected chi connectivity index (χ0v) is 5.63. The van der Waals surface area contributed by atoms with Gasteiger partial charge in [-0.05, 0) is 6.58 Å². The third kappa shape index (κ3) is 1300. The highest BCUT2D eigenvalue weighted by Gasteiger charge is 1.78. The molecule has 0 saturated heterocycles. The summed E-state index contributed by atoms with van der Waals surface area (Å²) in [5, 5.41) is 0. The molecule has 6 heteroatoms. The van der Waals surface area contributed by atoms with Gasteiger partial charge in [0.15, 0.2) is 6.33 Å². The first-order chi connectivity index (χ1) is 5.42. The van der Waals surface area contributed by atoms with Crippen LogP contribution in [0.1, 0.15) is 0 Å². The molecular weight excluding hydrogens is 186 g/mol. The maximum absolute atomic E-state index is 10.2. The summed E-state index contributed by atoms with van der Waals surface area (Å²) in [6, 6.07) is 0. The fourth-order valence-electron chi connectivity index (χ4n) is 0. The zero-order chi connectivity index (χ0) is 10.6. The van der Waals surface area contributed by atoms with Gasteiger partial charge in [-0.2, -0.15) is 17.6 Å². The molecule has 0 aliphatic heterocycles. The van der Waals surface area contributed by atoms with Crippen molar-refractivity contribution in [3.05, 3.63) is 25.1 Å². The average Bonchev–Trinajstić information content (AvgIpc) is 1.88. The Hall–Kier alpha value is -1.38. The molecule has 0 heterocycles. The van der Waals surface area contributed by atoms with Crippen molar-refractivity contribution in [2.75, 3.05) is 0 Å². The van der Waals surface area contributed by atoms with E-state index in [1.165, 1.54) is 0 Å². The van der Waals surface area contributed by atoms with Gasteiger partial charge >= 0.3 is 0 Å². The molecule has 0 N–H and O–H groups in total. The molecule has 70 valence electrons. The van der Waals surface area contributed by atoms with Crippen LogP contribution in [0.15, 0.2) is 25.1 Å². The van der Waals surface area contributed by atoms with Crippen molar-refractivity contribution in [1.29, 1.82) is 0 Å². The zero-order valence-electron chi connectivity index (χ0n) is 5.63. The van der Waals surface area contributed by atoms with E-state index in [9.17, 15) is 26.3 Å². The summed E-state index contributed by atoms with van der Waals surface area (Å²) in [6.45, 7) is 2.22. The number of halogens is 6. The first kappa shape index (κ1) is 16.9. The summed E-state index contributed by atoms with van der Waals surface area (Å²) in [6.07, 6.45) is -0.190. The van der Waals surface area contributed by atoms with Gasteiger partial charge in [0.1, 0.15) is 6.17 Å². The Kier molecular flexibility index (Phi) is 23.0. The van der Waals surface area contributed by atoms with Gasteiger partial charge in [0.25, 0.3) is 12.2 Å². The summed E-state index contributed by atoms with van der Waals surface area (Å²) in [4.78, 5) is 0. The van der Waals surface area contributed by atoms with E-state index in [0.29, 0.717) is 0 Å². The molecule has 0 aromatic heterocycles. The number of hydrogen-bond donors (Lipinski definition) is 0. The first-order valence-corrected chi connectivity index (χ1v) is 2.09. The monoisotopic (exact) mass is 190 g/mol. The summed E-state index contributed by atoms with van der Waals surface area (Å²) in [5.74, 6) is 0. The number of terminal acetylenes is 1. The Bertz CT molecular complexity index is 157. The Morgan fingerprint density at radius 3 is 1.33 bits per heavy atom. The number of hydrogen-bond acceptors (Lipinski definition) is 0. The standard InChI is InChI=1S/C2HF3.C2H2F2.C2HF/c3-1-2(4)5;1-2(3)4;1-2-3/h1H;1H2;1H. The minimum Gasteiger partial charge on any atom is -0.210 e. The van der Waals surface area contributed by atoms with Gasteiger partial charge in [0, 0.05) is 0 Å². The van der Waals surface area contributed by atoms with E-state index < -0.39 is 18.5 Å². The topological polar surface area (TPSA) is 0 Å². The lowest BCUT2D eigenvalue weighted by Gasteiger charge is -1.59. The van der Waals surface area contributed by atoms with Crippen LogP contribution in [-0.2, 0) is 0 Å². The van der Waals surface area contributed by atoms with Crippen molar-refractivity contribution in [1.82, 2.24) is 0 Å². The van der Waals surface area contributed by atoms with Crippen LogP contribution in [0.25, 0.3) is 0 Å². The molecule has 0 aliphatic carbocycles. The number of rotatable bonds is 0. The van der Waals surface area contributed by atoms with E-state index in [2.05, 4.69) is 13.0 Å². The Morgan fingerprint density at radius 2 is 1.33 bits per heavy atom. The van der Waals surface area contributed by atoms with E-state index in [-0.39, 0.29) is 0 Å². The third-order valence-electron chi connectivity index (χ3n) is 0.0825. The Labute approximate surface area is 65.2 Å². The fraction of sp³-hybridized carbons (Fsp3) is 0. The van der Waals surface area contributed by atoms with E-state index in [1.807, 2.05) is 0 Å². The maximum Gasteiger partial charge on any atom is 0.298 e. The normalized spacial score (nSPS) is 5.75. The highest BCUT2D eigenvalue weighted by molar-refractivity contribution is 4.66. The summed E-state index contributed by atoms with van der Waals surface area (Å²) >= 11 is 0. The minimum absolute atomic E-state index is 0.750. The molecule has 0 bridgehead atoms. The molecule has 0 nitrogen and oxygen atoms in total. The molecule has 0 aromatic carbocycles. The van der Waals surface area contributed by atoms with E-state index >= 15 is 0 Å². The summed E-state index contributed by atoms with van der Waals surface area (Å²) in [7, 11) is 0. The van der Waals surface area contributed by atoms with Gasteiger partial charge in [0.2, 0.25) is 0 Å². The first-order valence-electron chi connectivity index (χ1n) is 2.09. The lowest BCUT2D eigenvalue weighted by molar-refractivity contribution is 0.400. The van der Waals surface area contributed by atoms with E-state index in [1.54, 1.807) is 0 Å². The molecular formula is C6H4F6. The van der Waals surface area contributed by atoms with Crippen LogP contribution in [-0.4, -0.2) is 0 Å². The van der Waals surface area contributed by atoms with Gasteiger partial charge in [-0.3, -0.25) is 0 Å². The van der Waals surface area contributed by atoms with Crippen molar-refractivity contribution in [2.45, 2.75) is 0 Å². The second kappa shape index (κ2) is 16.3. The van der Waals surface area contributed by atoms with Crippen LogP contribution in [0, 0.1) is 12.6 Å². The summed E-state index contributed by atoms with van der Waals surface area (Å²) < 4.78 is 60.8. The third-order valence-corrected chi connectivity index (χ3v) is 0.0825. The molecule has 0 aliphatic rings. The predicted molar refractivity (Wildman–Crippen MR) is 32.7 cm³/mol. The second-order valence-electron chi connectivity index (χ2n) is 0.847. The quantitative estimate of drug-likeness (QED) is 0.404. The molecule has 0 radical (unpaired) electrons. The Morgan fingerprint density at radius 1 is 1.25 bits per heavy atom. The largest absolute Gasteiger partial charge is 0.298 e. The maximum atomic E-state index is 10.2. The van der Waals surface area contributed by atoms with Gasteiger partial charge < -0.3 is 0 Å². The molecule has 12 heavy (non-hydrogen) atoms. The van der Waals surface area contributed by atoms with E-state index in [0.717, 1.165) is 6.17 Å². The Balaban J connectivity index is -0.000000105. The van der Waals surface area contributed by atoms with Gasteiger partial charge in [-0.15, -0.1) is 4.39 Å². The van der Waals surface area contributed by atoms with Crippen LogP contribution < -0.4 is 0 Å². The van der Waals surface area contributed by atoms with Crippen molar-refractivity contribution in [3.8, 4) is 12.6 Å². The van der Waals surface area contributed by atoms with Gasteiger partial charge in [0.05, 0.1) is 0 Å². The van der Waals surface area contributed by atoms with Gasteiger partial charge in [-0.25, -0.2) is 4.39 Å². The SMILES string of the molecule is C#CF.C=C(F)F.FC=C(F)F. The van der Waals surface area contributed by atoms with Crippen molar-refractivity contribution in [3.63, 3.8) is 0 Å². The second-order valence-corrected chi connectivity index (χ2v) is 0.847. The molecule has 0 saturated carbocycles. The molecule has 0 rings (SSSR count). The molecule has 0 atom stereocenters. The molecule has 0 aromatic rings. The van der Waals surface area contributed by atoms with Crippen LogP contribution in [0.5, 0.6) is 0 Å². The predicted octanol–water partition coefficient (Wildman–Crippen LogP) is 3.64. The van der Waals surface area contributed by atoms with Crippen LogP contribution >= 0.6 is 0 Å². The fourth-order valence-corrected chi connectivity index (χ4v) is 0. The molecule has 0 spiro atoms. The van der Waals surface area contributed by atoms with Crippen molar-refractivity contribution >= 4 is 0 Å². The van der Waals surface area contributed by atoms with Crippen molar-refractivity contribution < 1.29 is 26.3 Å². The minimum atomic E-state index is -2.29. The van der Waals surface area contributed by atoms with Crippen LogP contribution in [0.2, 0.25) is 0 Å².